The van der Waals surface area contributed by atoms with Crippen LogP contribution in [0, 0.1) is 0 Å². The van der Waals surface area contributed by atoms with Gasteiger partial charge in [-0.15, -0.1) is 18.2 Å². The fraction of sp³-hybridized carbons (Fsp3) is 0.818. The molecular weight excluding hydrogens is 210 g/mol. The lowest BCUT2D eigenvalue weighted by molar-refractivity contribution is 0.00578. The second-order valence-corrected chi connectivity index (χ2v) is 5.42. The van der Waals surface area contributed by atoms with Crippen LogP contribution in [0.1, 0.15) is 40.5 Å². The number of hydrogen-bond donors (Lipinski definition) is 0. The summed E-state index contributed by atoms with van der Waals surface area (Å²) in [6, 6.07) is 0. The first kappa shape index (κ1) is 13.1. The van der Waals surface area contributed by atoms with E-state index in [-0.39, 0.29) is 18.3 Å². The summed E-state index contributed by atoms with van der Waals surface area (Å²) in [5, 5.41) is 0. The monoisotopic (exact) mass is 230 g/mol. The Bertz CT molecular complexity index is 235. The summed E-state index contributed by atoms with van der Waals surface area (Å²) < 4.78 is 11.7. The average Bonchev–Trinajstić information content (AvgIpc) is 2.32. The summed E-state index contributed by atoms with van der Waals surface area (Å²) in [7, 11) is -0.279. The van der Waals surface area contributed by atoms with Crippen molar-refractivity contribution in [1.29, 1.82) is 0 Å². The molecule has 1 rings (SSSR count). The SMILES string of the molecule is C=C(CCCCl)B1OC(C)(C)C(C)(C)O1. The Kier molecular flexibility index (Phi) is 3.91. The van der Waals surface area contributed by atoms with Gasteiger partial charge in [0, 0.05) is 5.88 Å². The van der Waals surface area contributed by atoms with Crippen molar-refractivity contribution >= 4 is 18.7 Å². The van der Waals surface area contributed by atoms with E-state index in [4.69, 9.17) is 20.9 Å². The van der Waals surface area contributed by atoms with Gasteiger partial charge < -0.3 is 9.31 Å². The van der Waals surface area contributed by atoms with Gasteiger partial charge in [0.2, 0.25) is 0 Å². The molecule has 0 N–H and O–H groups in total. The van der Waals surface area contributed by atoms with Crippen LogP contribution in [0.3, 0.4) is 0 Å². The summed E-state index contributed by atoms with van der Waals surface area (Å²) in [5.74, 6) is 0.651. The van der Waals surface area contributed by atoms with E-state index in [0.29, 0.717) is 5.88 Å². The van der Waals surface area contributed by atoms with Gasteiger partial charge in [-0.3, -0.25) is 0 Å². The molecule has 2 nitrogen and oxygen atoms in total. The van der Waals surface area contributed by atoms with Gasteiger partial charge >= 0.3 is 7.12 Å². The average molecular weight is 231 g/mol. The maximum absolute atomic E-state index is 5.86. The van der Waals surface area contributed by atoms with Crippen molar-refractivity contribution in [1.82, 2.24) is 0 Å². The number of rotatable bonds is 4. The minimum absolute atomic E-state index is 0.276. The fourth-order valence-corrected chi connectivity index (χ4v) is 1.56. The first-order valence-corrected chi connectivity index (χ1v) is 5.93. The lowest BCUT2D eigenvalue weighted by atomic mass is 9.77. The van der Waals surface area contributed by atoms with E-state index in [9.17, 15) is 0 Å². The normalized spacial score (nSPS) is 23.1. The Labute approximate surface area is 98.1 Å². The highest BCUT2D eigenvalue weighted by atomic mass is 35.5. The van der Waals surface area contributed by atoms with E-state index in [2.05, 4.69) is 6.58 Å². The van der Waals surface area contributed by atoms with Gasteiger partial charge in [-0.05, 0) is 46.0 Å². The summed E-state index contributed by atoms with van der Waals surface area (Å²) in [5.41, 5.74) is 0.428. The number of allylic oxidation sites excluding steroid dienone is 1. The molecule has 1 fully saturated rings. The van der Waals surface area contributed by atoms with E-state index in [1.807, 2.05) is 27.7 Å². The van der Waals surface area contributed by atoms with Crippen molar-refractivity contribution in [2.24, 2.45) is 0 Å². The van der Waals surface area contributed by atoms with Crippen LogP contribution in [0.4, 0.5) is 0 Å². The molecule has 0 aromatic heterocycles. The van der Waals surface area contributed by atoms with Crippen LogP contribution >= 0.6 is 11.6 Å². The first-order valence-electron chi connectivity index (χ1n) is 5.39. The molecule has 0 radical (unpaired) electrons. The molecule has 0 spiro atoms. The maximum atomic E-state index is 5.86. The zero-order chi connectivity index (χ0) is 11.7. The Morgan fingerprint density at radius 3 is 2.07 bits per heavy atom. The van der Waals surface area contributed by atoms with E-state index < -0.39 is 0 Å². The molecular formula is C11H20BClO2. The maximum Gasteiger partial charge on any atom is 0.489 e. The fourth-order valence-electron chi connectivity index (χ4n) is 1.42. The van der Waals surface area contributed by atoms with Gasteiger partial charge in [0.15, 0.2) is 0 Å². The molecule has 1 heterocycles. The highest BCUT2D eigenvalue weighted by Crippen LogP contribution is 2.38. The van der Waals surface area contributed by atoms with Gasteiger partial charge in [-0.2, -0.15) is 0 Å². The quantitative estimate of drug-likeness (QED) is 0.545. The Morgan fingerprint density at radius 2 is 1.67 bits per heavy atom. The Balaban J connectivity index is 2.59. The highest BCUT2D eigenvalue weighted by Gasteiger charge is 2.51. The van der Waals surface area contributed by atoms with Crippen LogP contribution in [0.15, 0.2) is 12.1 Å². The second-order valence-electron chi connectivity index (χ2n) is 5.04. The molecule has 0 saturated carbocycles. The molecule has 0 aliphatic carbocycles. The minimum Gasteiger partial charge on any atom is -0.400 e. The van der Waals surface area contributed by atoms with Crippen molar-refractivity contribution in [3.63, 3.8) is 0 Å². The molecule has 0 unspecified atom stereocenters. The van der Waals surface area contributed by atoms with Gasteiger partial charge in [-0.25, -0.2) is 0 Å². The van der Waals surface area contributed by atoms with Crippen LogP contribution in [0.5, 0.6) is 0 Å². The van der Waals surface area contributed by atoms with E-state index in [0.717, 1.165) is 18.3 Å². The van der Waals surface area contributed by atoms with Gasteiger partial charge in [-0.1, -0.05) is 0 Å². The second kappa shape index (κ2) is 4.48. The van der Waals surface area contributed by atoms with Crippen molar-refractivity contribution in [3.05, 3.63) is 12.1 Å². The van der Waals surface area contributed by atoms with Crippen LogP contribution < -0.4 is 0 Å². The lowest BCUT2D eigenvalue weighted by Gasteiger charge is -2.32. The zero-order valence-corrected chi connectivity index (χ0v) is 10.9. The summed E-state index contributed by atoms with van der Waals surface area (Å²) >= 11 is 5.64. The Hall–Kier alpha value is 0.0149. The molecule has 15 heavy (non-hydrogen) atoms. The van der Waals surface area contributed by atoms with Gasteiger partial charge in [0.1, 0.15) is 0 Å². The summed E-state index contributed by atoms with van der Waals surface area (Å²) in [4.78, 5) is 0. The van der Waals surface area contributed by atoms with Crippen LogP contribution in [-0.4, -0.2) is 24.2 Å². The molecule has 1 saturated heterocycles. The standard InChI is InChI=1S/C11H20BClO2/c1-9(7-6-8-13)12-14-10(2,3)11(4,5)15-12/h1,6-8H2,2-5H3. The third kappa shape index (κ3) is 2.77. The molecule has 0 aromatic rings. The lowest BCUT2D eigenvalue weighted by Crippen LogP contribution is -2.41. The largest absolute Gasteiger partial charge is 0.489 e. The number of hydrogen-bond acceptors (Lipinski definition) is 2. The molecule has 0 aromatic carbocycles. The topological polar surface area (TPSA) is 18.5 Å². The molecule has 0 amide bonds. The first-order chi connectivity index (χ1) is 6.80. The third-order valence-corrected chi connectivity index (χ3v) is 3.49. The summed E-state index contributed by atoms with van der Waals surface area (Å²) in [6.07, 6.45) is 1.78. The van der Waals surface area contributed by atoms with Gasteiger partial charge in [0.05, 0.1) is 11.2 Å². The third-order valence-electron chi connectivity index (χ3n) is 3.22. The number of alkyl halides is 1. The van der Waals surface area contributed by atoms with E-state index >= 15 is 0 Å². The molecule has 1 aliphatic heterocycles. The van der Waals surface area contributed by atoms with Crippen LogP contribution in [0.2, 0.25) is 0 Å². The zero-order valence-electron chi connectivity index (χ0n) is 10.1. The van der Waals surface area contributed by atoms with Crippen molar-refractivity contribution in [2.45, 2.75) is 51.7 Å². The van der Waals surface area contributed by atoms with E-state index in [1.54, 1.807) is 0 Å². The predicted molar refractivity (Wildman–Crippen MR) is 65.2 cm³/mol. The molecule has 4 heteroatoms. The number of halogens is 1. The minimum atomic E-state index is -0.279. The highest BCUT2D eigenvalue weighted by molar-refractivity contribution is 6.54. The van der Waals surface area contributed by atoms with E-state index in [1.165, 1.54) is 0 Å². The molecule has 0 atom stereocenters. The Morgan fingerprint density at radius 1 is 1.20 bits per heavy atom. The molecule has 1 aliphatic rings. The van der Waals surface area contributed by atoms with Crippen LogP contribution in [0.25, 0.3) is 0 Å². The molecule has 0 bridgehead atoms. The molecule has 86 valence electrons. The smallest absolute Gasteiger partial charge is 0.400 e. The predicted octanol–water partition coefficient (Wildman–Crippen LogP) is 3.19. The van der Waals surface area contributed by atoms with Crippen molar-refractivity contribution in [3.8, 4) is 0 Å². The van der Waals surface area contributed by atoms with Crippen molar-refractivity contribution < 1.29 is 9.31 Å². The summed E-state index contributed by atoms with van der Waals surface area (Å²) in [6.45, 7) is 12.2. The van der Waals surface area contributed by atoms with Gasteiger partial charge in [0.25, 0.3) is 0 Å². The van der Waals surface area contributed by atoms with Crippen LogP contribution in [-0.2, 0) is 9.31 Å². The van der Waals surface area contributed by atoms with Crippen molar-refractivity contribution in [2.75, 3.05) is 5.88 Å².